The summed E-state index contributed by atoms with van der Waals surface area (Å²) >= 11 is 0. The number of hydrogen-bond donors (Lipinski definition) is 0. The highest BCUT2D eigenvalue weighted by Crippen LogP contribution is 2.34. The van der Waals surface area contributed by atoms with Crippen LogP contribution in [0.3, 0.4) is 0 Å². The van der Waals surface area contributed by atoms with Crippen LogP contribution in [0.5, 0.6) is 0 Å². The third kappa shape index (κ3) is 1.06. The Morgan fingerprint density at radius 1 is 1.75 bits per heavy atom. The van der Waals surface area contributed by atoms with Gasteiger partial charge >= 0.3 is 0 Å². The van der Waals surface area contributed by atoms with Crippen molar-refractivity contribution in [2.75, 3.05) is 0 Å². The topological polar surface area (TPSA) is 23.8 Å². The van der Waals surface area contributed by atoms with E-state index in [9.17, 15) is 4.39 Å². The molecule has 2 heteroatoms. The Hall–Kier alpha value is -0.840. The van der Waals surface area contributed by atoms with Gasteiger partial charge in [-0.25, -0.2) is 4.39 Å². The van der Waals surface area contributed by atoms with Crippen molar-refractivity contribution in [3.63, 3.8) is 0 Å². The van der Waals surface area contributed by atoms with Crippen LogP contribution in [0.15, 0.2) is 12.2 Å². The lowest BCUT2D eigenvalue weighted by molar-refractivity contribution is 0.463. The van der Waals surface area contributed by atoms with Crippen LogP contribution in [0.25, 0.3) is 0 Å². The molecule has 1 saturated carbocycles. The molecule has 0 aromatic heterocycles. The largest absolute Gasteiger partial charge is 0.247 e. The molecule has 0 aromatic rings. The molecule has 0 heterocycles. The molecule has 0 radical (unpaired) electrons. The summed E-state index contributed by atoms with van der Waals surface area (Å²) in [5.41, 5.74) is 0. The molecule has 0 aromatic carbocycles. The number of alkyl halides is 1. The maximum atomic E-state index is 11.9. The second-order valence-electron chi connectivity index (χ2n) is 1.90. The van der Waals surface area contributed by atoms with E-state index in [1.807, 2.05) is 6.07 Å². The summed E-state index contributed by atoms with van der Waals surface area (Å²) in [5.74, 6) is 0.0506. The molecule has 8 heavy (non-hydrogen) atoms. The predicted octanol–water partition coefficient (Wildman–Crippen LogP) is 1.42. The molecule has 0 amide bonds. The van der Waals surface area contributed by atoms with Gasteiger partial charge in [0, 0.05) is 12.0 Å². The Kier molecular flexibility index (Phi) is 1.29. The maximum Gasteiger partial charge on any atom is 0.107 e. The molecule has 1 rings (SSSR count). The third-order valence-corrected chi connectivity index (χ3v) is 1.18. The van der Waals surface area contributed by atoms with Gasteiger partial charge in [0.15, 0.2) is 0 Å². The number of nitrogens with zero attached hydrogens (tertiary/aromatic N) is 1. The van der Waals surface area contributed by atoms with Crippen LogP contribution in [0.1, 0.15) is 6.42 Å². The second kappa shape index (κ2) is 1.95. The van der Waals surface area contributed by atoms with Crippen molar-refractivity contribution in [1.82, 2.24) is 0 Å². The highest BCUT2D eigenvalue weighted by atomic mass is 19.1. The van der Waals surface area contributed by atoms with Crippen LogP contribution in [0, 0.1) is 17.2 Å². The van der Waals surface area contributed by atoms with Gasteiger partial charge in [-0.1, -0.05) is 6.08 Å². The summed E-state index contributed by atoms with van der Waals surface area (Å²) in [4.78, 5) is 0. The first-order valence-electron chi connectivity index (χ1n) is 2.55. The molecule has 0 N–H and O–H groups in total. The average molecular weight is 111 g/mol. The summed E-state index contributed by atoms with van der Waals surface area (Å²) in [5, 5.41) is 7.97. The van der Waals surface area contributed by atoms with E-state index in [0.29, 0.717) is 6.42 Å². The lowest BCUT2D eigenvalue weighted by atomic mass is 10.4. The van der Waals surface area contributed by atoms with E-state index in [1.165, 1.54) is 6.08 Å². The van der Waals surface area contributed by atoms with Gasteiger partial charge in [-0.2, -0.15) is 5.26 Å². The van der Waals surface area contributed by atoms with E-state index in [-0.39, 0.29) is 5.92 Å². The van der Waals surface area contributed by atoms with E-state index in [1.54, 1.807) is 6.08 Å². The lowest BCUT2D eigenvalue weighted by Crippen LogP contribution is -1.69. The normalized spacial score (nSPS) is 35.0. The molecule has 1 fully saturated rings. The van der Waals surface area contributed by atoms with E-state index >= 15 is 0 Å². The van der Waals surface area contributed by atoms with Crippen molar-refractivity contribution in [2.24, 2.45) is 5.92 Å². The van der Waals surface area contributed by atoms with Gasteiger partial charge in [0.1, 0.15) is 6.17 Å². The van der Waals surface area contributed by atoms with E-state index in [0.717, 1.165) is 0 Å². The van der Waals surface area contributed by atoms with Crippen molar-refractivity contribution in [2.45, 2.75) is 12.6 Å². The van der Waals surface area contributed by atoms with Crippen molar-refractivity contribution in [3.8, 4) is 6.07 Å². The molecule has 2 unspecified atom stereocenters. The zero-order chi connectivity index (χ0) is 5.98. The monoisotopic (exact) mass is 111 g/mol. The zero-order valence-electron chi connectivity index (χ0n) is 4.34. The van der Waals surface area contributed by atoms with Crippen LogP contribution in [0.2, 0.25) is 0 Å². The highest BCUT2D eigenvalue weighted by Gasteiger charge is 2.34. The van der Waals surface area contributed by atoms with E-state index in [2.05, 4.69) is 0 Å². The maximum absolute atomic E-state index is 11.9. The fraction of sp³-hybridized carbons (Fsp3) is 0.500. The number of allylic oxidation sites excluding steroid dienone is 2. The van der Waals surface area contributed by atoms with Gasteiger partial charge in [-0.15, -0.1) is 0 Å². The van der Waals surface area contributed by atoms with Crippen LogP contribution < -0.4 is 0 Å². The molecular formula is C6H6FN. The van der Waals surface area contributed by atoms with Crippen LogP contribution in [-0.4, -0.2) is 6.17 Å². The van der Waals surface area contributed by atoms with Crippen molar-refractivity contribution < 1.29 is 4.39 Å². The first-order valence-corrected chi connectivity index (χ1v) is 2.55. The fourth-order valence-corrected chi connectivity index (χ4v) is 0.547. The minimum Gasteiger partial charge on any atom is -0.247 e. The van der Waals surface area contributed by atoms with Crippen molar-refractivity contribution >= 4 is 0 Å². The van der Waals surface area contributed by atoms with Crippen LogP contribution in [-0.2, 0) is 0 Å². The number of nitriles is 1. The standard InChI is InChI=1S/C6H6FN/c7-6-4-5(6)2-1-3-8/h1-2,5-6H,4H2. The van der Waals surface area contributed by atoms with E-state index in [4.69, 9.17) is 5.26 Å². The first-order chi connectivity index (χ1) is 3.84. The quantitative estimate of drug-likeness (QED) is 0.469. The Balaban J connectivity index is 2.24. The van der Waals surface area contributed by atoms with Crippen LogP contribution >= 0.6 is 0 Å². The van der Waals surface area contributed by atoms with Crippen LogP contribution in [0.4, 0.5) is 4.39 Å². The molecule has 2 atom stereocenters. The molecule has 0 spiro atoms. The van der Waals surface area contributed by atoms with Gasteiger partial charge in [-0.05, 0) is 6.42 Å². The predicted molar refractivity (Wildman–Crippen MR) is 27.8 cm³/mol. The second-order valence-corrected chi connectivity index (χ2v) is 1.90. The number of rotatable bonds is 1. The zero-order valence-corrected chi connectivity index (χ0v) is 4.34. The Morgan fingerprint density at radius 2 is 2.38 bits per heavy atom. The molecule has 1 nitrogen and oxygen atoms in total. The Labute approximate surface area is 47.4 Å². The summed E-state index contributed by atoms with van der Waals surface area (Å²) in [6, 6.07) is 1.81. The molecule has 1 aliphatic rings. The van der Waals surface area contributed by atoms with Gasteiger partial charge in [0.05, 0.1) is 6.07 Å². The first kappa shape index (κ1) is 5.30. The van der Waals surface area contributed by atoms with Crippen molar-refractivity contribution in [3.05, 3.63) is 12.2 Å². The molecular weight excluding hydrogens is 105 g/mol. The smallest absolute Gasteiger partial charge is 0.107 e. The summed E-state index contributed by atoms with van der Waals surface area (Å²) in [6.45, 7) is 0. The highest BCUT2D eigenvalue weighted by molar-refractivity contribution is 5.10. The molecule has 0 aliphatic heterocycles. The van der Waals surface area contributed by atoms with Gasteiger partial charge in [0.25, 0.3) is 0 Å². The summed E-state index contributed by atoms with van der Waals surface area (Å²) in [6.07, 6.45) is 2.90. The Bertz CT molecular complexity index is 145. The van der Waals surface area contributed by atoms with Gasteiger partial charge in [0.2, 0.25) is 0 Å². The molecule has 0 saturated heterocycles. The fourth-order valence-electron chi connectivity index (χ4n) is 0.547. The third-order valence-electron chi connectivity index (χ3n) is 1.18. The average Bonchev–Trinajstić information content (AvgIpc) is 2.42. The minimum atomic E-state index is -0.667. The van der Waals surface area contributed by atoms with E-state index < -0.39 is 6.17 Å². The summed E-state index contributed by atoms with van der Waals surface area (Å²) < 4.78 is 11.9. The van der Waals surface area contributed by atoms with Gasteiger partial charge in [-0.3, -0.25) is 0 Å². The lowest BCUT2D eigenvalue weighted by Gasteiger charge is -1.72. The van der Waals surface area contributed by atoms with Crippen molar-refractivity contribution in [1.29, 1.82) is 5.26 Å². The number of hydrogen-bond acceptors (Lipinski definition) is 1. The summed E-state index contributed by atoms with van der Waals surface area (Å²) in [7, 11) is 0. The SMILES string of the molecule is N#CC=CC1CC1F. The Morgan fingerprint density at radius 3 is 2.75 bits per heavy atom. The molecule has 1 aliphatic carbocycles. The van der Waals surface area contributed by atoms with Gasteiger partial charge < -0.3 is 0 Å². The molecule has 0 bridgehead atoms. The number of halogens is 1. The minimum absolute atomic E-state index is 0.0506. The molecule has 42 valence electrons.